The topological polar surface area (TPSA) is 138 Å². The van der Waals surface area contributed by atoms with Crippen LogP contribution in [0.1, 0.15) is 11.1 Å². The molecule has 0 unspecified atom stereocenters. The number of hydrogen-bond acceptors (Lipinski definition) is 7. The van der Waals surface area contributed by atoms with Crippen LogP contribution in [0.3, 0.4) is 0 Å². The van der Waals surface area contributed by atoms with E-state index in [4.69, 9.17) is 0 Å². The standard InChI is InChI=1S/C21H23N5O5S2/c1-15-11-16(2)13-18(12-15)26(32(3,28)29)14-20(27)24-17-5-7-19(8-6-17)33(30,31)25-21-22-9-4-10-23-21/h4-13H,14H2,1-3H3,(H,24,27)(H,22,23,25). The lowest BCUT2D eigenvalue weighted by Gasteiger charge is -2.23. The fourth-order valence-electron chi connectivity index (χ4n) is 3.07. The normalized spacial score (nSPS) is 11.6. The van der Waals surface area contributed by atoms with E-state index < -0.39 is 32.5 Å². The van der Waals surface area contributed by atoms with E-state index in [1.807, 2.05) is 19.9 Å². The number of amides is 1. The number of carbonyl (C=O) groups is 1. The zero-order valence-electron chi connectivity index (χ0n) is 18.2. The fourth-order valence-corrected chi connectivity index (χ4v) is 4.87. The number of sulfonamides is 2. The van der Waals surface area contributed by atoms with E-state index >= 15 is 0 Å². The third-order valence-electron chi connectivity index (χ3n) is 4.42. The second-order valence-electron chi connectivity index (χ2n) is 7.37. The van der Waals surface area contributed by atoms with E-state index in [1.165, 1.54) is 36.7 Å². The summed E-state index contributed by atoms with van der Waals surface area (Å²) in [7, 11) is -7.64. The van der Waals surface area contributed by atoms with E-state index in [-0.39, 0.29) is 10.8 Å². The fraction of sp³-hybridized carbons (Fsp3) is 0.190. The van der Waals surface area contributed by atoms with Gasteiger partial charge in [-0.05, 0) is 67.4 Å². The van der Waals surface area contributed by atoms with Crippen LogP contribution < -0.4 is 14.3 Å². The Morgan fingerprint density at radius 2 is 1.52 bits per heavy atom. The van der Waals surface area contributed by atoms with Crippen LogP contribution >= 0.6 is 0 Å². The number of nitrogens with one attached hydrogen (secondary N) is 2. The summed E-state index contributed by atoms with van der Waals surface area (Å²) in [6, 6.07) is 12.2. The van der Waals surface area contributed by atoms with Crippen molar-refractivity contribution in [2.75, 3.05) is 27.1 Å². The second kappa shape index (κ2) is 9.55. The van der Waals surface area contributed by atoms with Crippen molar-refractivity contribution < 1.29 is 21.6 Å². The van der Waals surface area contributed by atoms with E-state index in [1.54, 1.807) is 18.2 Å². The van der Waals surface area contributed by atoms with Crippen molar-refractivity contribution in [1.29, 1.82) is 0 Å². The molecule has 0 atom stereocenters. The molecule has 0 fully saturated rings. The molecule has 1 heterocycles. The minimum atomic E-state index is -3.92. The maximum absolute atomic E-state index is 12.6. The van der Waals surface area contributed by atoms with Gasteiger partial charge in [-0.15, -0.1) is 0 Å². The zero-order valence-corrected chi connectivity index (χ0v) is 19.8. The van der Waals surface area contributed by atoms with Gasteiger partial charge in [0.05, 0.1) is 16.8 Å². The summed E-state index contributed by atoms with van der Waals surface area (Å²) in [6.07, 6.45) is 3.84. The first-order valence-electron chi connectivity index (χ1n) is 9.70. The van der Waals surface area contributed by atoms with Gasteiger partial charge in [0.25, 0.3) is 10.0 Å². The molecule has 3 aromatic rings. The minimum Gasteiger partial charge on any atom is -0.325 e. The zero-order chi connectivity index (χ0) is 24.2. The van der Waals surface area contributed by atoms with Crippen molar-refractivity contribution in [2.45, 2.75) is 18.7 Å². The smallest absolute Gasteiger partial charge is 0.264 e. The van der Waals surface area contributed by atoms with Crippen molar-refractivity contribution >= 4 is 43.3 Å². The summed E-state index contributed by atoms with van der Waals surface area (Å²) in [5.74, 6) is -0.645. The molecule has 0 aliphatic carbocycles. The second-order valence-corrected chi connectivity index (χ2v) is 11.0. The van der Waals surface area contributed by atoms with Crippen molar-refractivity contribution in [3.63, 3.8) is 0 Å². The van der Waals surface area contributed by atoms with Gasteiger partial charge in [0.2, 0.25) is 21.9 Å². The molecule has 0 aliphatic rings. The molecule has 0 radical (unpaired) electrons. The van der Waals surface area contributed by atoms with Crippen molar-refractivity contribution in [3.8, 4) is 0 Å². The maximum atomic E-state index is 12.6. The molecular formula is C21H23N5O5S2. The van der Waals surface area contributed by atoms with Crippen LogP contribution in [0.15, 0.2) is 65.8 Å². The minimum absolute atomic E-state index is 0.0547. The Balaban J connectivity index is 1.73. The van der Waals surface area contributed by atoms with Gasteiger partial charge < -0.3 is 5.32 Å². The van der Waals surface area contributed by atoms with Gasteiger partial charge in [-0.25, -0.2) is 31.5 Å². The average molecular weight is 490 g/mol. The van der Waals surface area contributed by atoms with Crippen LogP contribution in [0.4, 0.5) is 17.3 Å². The average Bonchev–Trinajstić information content (AvgIpc) is 2.71. The highest BCUT2D eigenvalue weighted by Gasteiger charge is 2.22. The third kappa shape index (κ3) is 6.49. The molecule has 12 heteroatoms. The third-order valence-corrected chi connectivity index (χ3v) is 6.91. The number of nitrogens with zero attached hydrogens (tertiary/aromatic N) is 3. The number of benzene rings is 2. The van der Waals surface area contributed by atoms with Crippen LogP contribution in [0.2, 0.25) is 0 Å². The molecule has 174 valence electrons. The first-order chi connectivity index (χ1) is 15.4. The van der Waals surface area contributed by atoms with Gasteiger partial charge in [-0.1, -0.05) is 6.07 Å². The lowest BCUT2D eigenvalue weighted by molar-refractivity contribution is -0.114. The van der Waals surface area contributed by atoms with Crippen LogP contribution in [0, 0.1) is 13.8 Å². The van der Waals surface area contributed by atoms with E-state index in [0.29, 0.717) is 11.4 Å². The Bertz CT molecular complexity index is 1340. The Morgan fingerprint density at radius 3 is 2.06 bits per heavy atom. The Kier molecular flexibility index (Phi) is 6.98. The van der Waals surface area contributed by atoms with Crippen LogP contribution in [0.5, 0.6) is 0 Å². The first-order valence-corrected chi connectivity index (χ1v) is 13.0. The quantitative estimate of drug-likeness (QED) is 0.495. The molecule has 2 N–H and O–H groups in total. The van der Waals surface area contributed by atoms with Gasteiger partial charge in [0, 0.05) is 18.1 Å². The van der Waals surface area contributed by atoms with Gasteiger partial charge in [0.1, 0.15) is 6.54 Å². The number of hydrogen-bond donors (Lipinski definition) is 2. The first kappa shape index (κ1) is 24.1. The van der Waals surface area contributed by atoms with Gasteiger partial charge >= 0.3 is 0 Å². The largest absolute Gasteiger partial charge is 0.325 e. The van der Waals surface area contributed by atoms with Gasteiger partial charge in [0.15, 0.2) is 0 Å². The molecule has 0 saturated heterocycles. The number of rotatable bonds is 8. The molecular weight excluding hydrogens is 466 g/mol. The molecule has 33 heavy (non-hydrogen) atoms. The molecule has 0 saturated carbocycles. The highest BCUT2D eigenvalue weighted by molar-refractivity contribution is 7.92. The maximum Gasteiger partial charge on any atom is 0.264 e. The molecule has 10 nitrogen and oxygen atoms in total. The number of carbonyl (C=O) groups excluding carboxylic acids is 1. The van der Waals surface area contributed by atoms with Crippen molar-refractivity contribution in [3.05, 3.63) is 72.1 Å². The molecule has 0 spiro atoms. The van der Waals surface area contributed by atoms with E-state index in [2.05, 4.69) is 20.0 Å². The summed E-state index contributed by atoms with van der Waals surface area (Å²) in [5.41, 5.74) is 2.43. The Morgan fingerprint density at radius 1 is 0.939 bits per heavy atom. The van der Waals surface area contributed by atoms with E-state index in [0.717, 1.165) is 21.7 Å². The summed E-state index contributed by atoms with van der Waals surface area (Å²) in [4.78, 5) is 20.2. The molecule has 1 amide bonds. The lowest BCUT2D eigenvalue weighted by Crippen LogP contribution is -2.37. The monoisotopic (exact) mass is 489 g/mol. The molecule has 1 aromatic heterocycles. The van der Waals surface area contributed by atoms with Gasteiger partial charge in [-0.2, -0.15) is 0 Å². The predicted octanol–water partition coefficient (Wildman–Crippen LogP) is 2.30. The van der Waals surface area contributed by atoms with Crippen LogP contribution in [-0.4, -0.2) is 45.5 Å². The highest BCUT2D eigenvalue weighted by atomic mass is 32.2. The number of anilines is 3. The van der Waals surface area contributed by atoms with Gasteiger partial charge in [-0.3, -0.25) is 9.10 Å². The molecule has 2 aromatic carbocycles. The SMILES string of the molecule is Cc1cc(C)cc(N(CC(=O)Nc2ccc(S(=O)(=O)Nc3ncccn3)cc2)S(C)(=O)=O)c1. The molecule has 0 aliphatic heterocycles. The van der Waals surface area contributed by atoms with Crippen LogP contribution in [-0.2, 0) is 24.8 Å². The van der Waals surface area contributed by atoms with Crippen LogP contribution in [0.25, 0.3) is 0 Å². The Hall–Kier alpha value is -3.51. The number of aromatic nitrogens is 2. The molecule has 3 rings (SSSR count). The predicted molar refractivity (Wildman–Crippen MR) is 126 cm³/mol. The Labute approximate surface area is 192 Å². The van der Waals surface area contributed by atoms with Crippen molar-refractivity contribution in [1.82, 2.24) is 9.97 Å². The number of aryl methyl sites for hydroxylation is 2. The lowest BCUT2D eigenvalue weighted by atomic mass is 10.1. The summed E-state index contributed by atoms with van der Waals surface area (Å²) >= 11 is 0. The van der Waals surface area contributed by atoms with E-state index in [9.17, 15) is 21.6 Å². The molecule has 0 bridgehead atoms. The van der Waals surface area contributed by atoms with Crippen molar-refractivity contribution in [2.24, 2.45) is 0 Å². The summed E-state index contributed by atoms with van der Waals surface area (Å²) < 4.78 is 52.8. The highest BCUT2D eigenvalue weighted by Crippen LogP contribution is 2.22. The summed E-state index contributed by atoms with van der Waals surface area (Å²) in [5, 5.41) is 2.59. The summed E-state index contributed by atoms with van der Waals surface area (Å²) in [6.45, 7) is 3.24.